The number of hydrogen-bond donors (Lipinski definition) is 0. The molecule has 6 heteroatoms. The molecular weight excluding hydrogens is 293 g/mol. The van der Waals surface area contributed by atoms with Crippen molar-refractivity contribution in [3.8, 4) is 5.75 Å². The predicted octanol–water partition coefficient (Wildman–Crippen LogP) is 3.31. The lowest BCUT2D eigenvalue weighted by Crippen LogP contribution is -2.38. The molecule has 0 saturated carbocycles. The molecule has 3 rings (SSSR count). The average molecular weight is 310 g/mol. The van der Waals surface area contributed by atoms with Gasteiger partial charge in [0.05, 0.1) is 17.9 Å². The molecule has 0 bridgehead atoms. The van der Waals surface area contributed by atoms with E-state index in [1.54, 1.807) is 10.7 Å². The lowest BCUT2D eigenvalue weighted by atomic mass is 10.1. The molecule has 0 saturated heterocycles. The van der Waals surface area contributed by atoms with E-state index in [9.17, 15) is 4.39 Å². The summed E-state index contributed by atoms with van der Waals surface area (Å²) >= 11 is 6.30. The number of hydrogen-bond acceptors (Lipinski definition) is 3. The maximum absolute atomic E-state index is 13.4. The van der Waals surface area contributed by atoms with E-state index in [0.717, 1.165) is 23.5 Å². The van der Waals surface area contributed by atoms with Crippen LogP contribution in [0.15, 0.2) is 18.2 Å². The molecular formula is C15H17ClFN3O. The van der Waals surface area contributed by atoms with E-state index < -0.39 is 0 Å². The number of fused-ring (bicyclic) bond motifs is 1. The Kier molecular flexibility index (Phi) is 3.53. The Labute approximate surface area is 128 Å². The van der Waals surface area contributed by atoms with Crippen molar-refractivity contribution in [3.05, 3.63) is 40.4 Å². The number of ether oxygens (including phenoxy) is 1. The first kappa shape index (κ1) is 14.2. The number of nitrogens with zero attached hydrogens (tertiary/aromatic N) is 3. The zero-order chi connectivity index (χ0) is 15.1. The molecule has 0 spiro atoms. The molecule has 1 aliphatic heterocycles. The molecule has 0 amide bonds. The van der Waals surface area contributed by atoms with E-state index in [1.165, 1.54) is 12.1 Å². The van der Waals surface area contributed by atoms with Crippen molar-refractivity contribution >= 4 is 17.3 Å². The fourth-order valence-electron chi connectivity index (χ4n) is 2.70. The minimum atomic E-state index is -0.293. The Bertz CT molecular complexity index is 686. The molecule has 1 atom stereocenters. The summed E-state index contributed by atoms with van der Waals surface area (Å²) in [5, 5.41) is 4.97. The molecule has 2 heterocycles. The second-order valence-corrected chi connectivity index (χ2v) is 5.76. The first-order valence-corrected chi connectivity index (χ1v) is 7.22. The van der Waals surface area contributed by atoms with Gasteiger partial charge in [-0.1, -0.05) is 11.6 Å². The van der Waals surface area contributed by atoms with E-state index in [2.05, 4.69) is 10.00 Å². The van der Waals surface area contributed by atoms with Crippen molar-refractivity contribution in [3.63, 3.8) is 0 Å². The van der Waals surface area contributed by atoms with Crippen LogP contribution in [0.4, 0.5) is 10.1 Å². The predicted molar refractivity (Wildman–Crippen MR) is 80.5 cm³/mol. The Balaban J connectivity index is 1.96. The lowest BCUT2D eigenvalue weighted by molar-refractivity contribution is 0.211. The van der Waals surface area contributed by atoms with Crippen LogP contribution in [0.2, 0.25) is 5.15 Å². The minimum Gasteiger partial charge on any atom is -0.487 e. The molecule has 1 unspecified atom stereocenters. The summed E-state index contributed by atoms with van der Waals surface area (Å²) in [6.45, 7) is 5.27. The standard InChI is InChI=1S/C15H17ClFN3O/c1-9-7-20(8-12-10(2)18-19(3)15(12)16)13-5-4-11(17)6-14(13)21-9/h4-6,9H,7-8H2,1-3H3. The molecule has 112 valence electrons. The van der Waals surface area contributed by atoms with Crippen LogP contribution in [-0.2, 0) is 13.6 Å². The first-order chi connectivity index (χ1) is 9.95. The Morgan fingerprint density at radius 2 is 2.24 bits per heavy atom. The van der Waals surface area contributed by atoms with Crippen molar-refractivity contribution in [2.75, 3.05) is 11.4 Å². The van der Waals surface area contributed by atoms with E-state index in [1.807, 2.05) is 20.9 Å². The number of halogens is 2. The zero-order valence-electron chi connectivity index (χ0n) is 12.2. The topological polar surface area (TPSA) is 30.3 Å². The molecule has 0 aliphatic carbocycles. The third kappa shape index (κ3) is 2.58. The highest BCUT2D eigenvalue weighted by Crippen LogP contribution is 2.35. The second kappa shape index (κ2) is 5.22. The highest BCUT2D eigenvalue weighted by atomic mass is 35.5. The molecule has 1 aromatic heterocycles. The third-order valence-corrected chi connectivity index (χ3v) is 4.16. The monoisotopic (exact) mass is 309 g/mol. The van der Waals surface area contributed by atoms with Crippen LogP contribution in [0.3, 0.4) is 0 Å². The van der Waals surface area contributed by atoms with Crippen LogP contribution in [-0.4, -0.2) is 22.4 Å². The van der Waals surface area contributed by atoms with Gasteiger partial charge in [0.15, 0.2) is 0 Å². The maximum atomic E-state index is 13.4. The van der Waals surface area contributed by atoms with Gasteiger partial charge in [-0.3, -0.25) is 4.68 Å². The SMILES string of the molecule is Cc1nn(C)c(Cl)c1CN1CC(C)Oc2cc(F)ccc21. The molecule has 0 fully saturated rings. The van der Waals surface area contributed by atoms with Crippen LogP contribution in [0, 0.1) is 12.7 Å². The van der Waals surface area contributed by atoms with Crippen molar-refractivity contribution in [2.45, 2.75) is 26.5 Å². The summed E-state index contributed by atoms with van der Waals surface area (Å²) in [5.74, 6) is 0.282. The fraction of sp³-hybridized carbons (Fsp3) is 0.400. The number of rotatable bonds is 2. The normalized spacial score (nSPS) is 17.6. The molecule has 1 aromatic carbocycles. The van der Waals surface area contributed by atoms with Gasteiger partial charge in [-0.05, 0) is 26.0 Å². The molecule has 0 N–H and O–H groups in total. The lowest BCUT2D eigenvalue weighted by Gasteiger charge is -2.35. The Hall–Kier alpha value is -1.75. The minimum absolute atomic E-state index is 0.00458. The van der Waals surface area contributed by atoms with Gasteiger partial charge in [-0.25, -0.2) is 4.39 Å². The highest BCUT2D eigenvalue weighted by Gasteiger charge is 2.25. The summed E-state index contributed by atoms with van der Waals surface area (Å²) in [6, 6.07) is 4.62. The van der Waals surface area contributed by atoms with Gasteiger partial charge in [0.25, 0.3) is 0 Å². The summed E-state index contributed by atoms with van der Waals surface area (Å²) < 4.78 is 20.8. The summed E-state index contributed by atoms with van der Waals surface area (Å²) in [6.07, 6.45) is -0.00458. The summed E-state index contributed by atoms with van der Waals surface area (Å²) in [7, 11) is 1.82. The van der Waals surface area contributed by atoms with E-state index >= 15 is 0 Å². The number of aryl methyl sites for hydroxylation is 2. The molecule has 21 heavy (non-hydrogen) atoms. The van der Waals surface area contributed by atoms with E-state index in [-0.39, 0.29) is 11.9 Å². The number of benzene rings is 1. The van der Waals surface area contributed by atoms with Gasteiger partial charge in [0.2, 0.25) is 0 Å². The zero-order valence-corrected chi connectivity index (χ0v) is 13.0. The van der Waals surface area contributed by atoms with Gasteiger partial charge >= 0.3 is 0 Å². The van der Waals surface area contributed by atoms with E-state index in [0.29, 0.717) is 17.4 Å². The van der Waals surface area contributed by atoms with Crippen molar-refractivity contribution < 1.29 is 9.13 Å². The van der Waals surface area contributed by atoms with Gasteiger partial charge < -0.3 is 9.64 Å². The molecule has 0 radical (unpaired) electrons. The molecule has 4 nitrogen and oxygen atoms in total. The summed E-state index contributed by atoms with van der Waals surface area (Å²) in [5.41, 5.74) is 2.78. The largest absolute Gasteiger partial charge is 0.487 e. The van der Waals surface area contributed by atoms with Crippen LogP contribution in [0.25, 0.3) is 0 Å². The number of aromatic nitrogens is 2. The Morgan fingerprint density at radius 1 is 1.48 bits per heavy atom. The number of anilines is 1. The molecule has 1 aliphatic rings. The van der Waals surface area contributed by atoms with Gasteiger partial charge in [-0.2, -0.15) is 5.10 Å². The van der Waals surface area contributed by atoms with Gasteiger partial charge in [0, 0.05) is 25.2 Å². The van der Waals surface area contributed by atoms with Crippen molar-refractivity contribution in [2.24, 2.45) is 7.05 Å². The second-order valence-electron chi connectivity index (χ2n) is 5.40. The van der Waals surface area contributed by atoms with Crippen LogP contribution in [0.1, 0.15) is 18.2 Å². The van der Waals surface area contributed by atoms with Crippen LogP contribution < -0.4 is 9.64 Å². The molecule has 2 aromatic rings. The highest BCUT2D eigenvalue weighted by molar-refractivity contribution is 6.30. The average Bonchev–Trinajstić information content (AvgIpc) is 2.64. The Morgan fingerprint density at radius 3 is 2.90 bits per heavy atom. The summed E-state index contributed by atoms with van der Waals surface area (Å²) in [4.78, 5) is 2.15. The van der Waals surface area contributed by atoms with Crippen LogP contribution in [0.5, 0.6) is 5.75 Å². The smallest absolute Gasteiger partial charge is 0.146 e. The quantitative estimate of drug-likeness (QED) is 0.852. The first-order valence-electron chi connectivity index (χ1n) is 6.85. The fourth-order valence-corrected chi connectivity index (χ4v) is 2.93. The van der Waals surface area contributed by atoms with Gasteiger partial charge in [0.1, 0.15) is 22.8 Å². The van der Waals surface area contributed by atoms with Gasteiger partial charge in [-0.15, -0.1) is 0 Å². The third-order valence-electron chi connectivity index (χ3n) is 3.69. The van der Waals surface area contributed by atoms with E-state index in [4.69, 9.17) is 16.3 Å². The van der Waals surface area contributed by atoms with Crippen LogP contribution >= 0.6 is 11.6 Å². The van der Waals surface area contributed by atoms with Crippen molar-refractivity contribution in [1.29, 1.82) is 0 Å². The maximum Gasteiger partial charge on any atom is 0.146 e. The van der Waals surface area contributed by atoms with Crippen molar-refractivity contribution in [1.82, 2.24) is 9.78 Å².